The van der Waals surface area contributed by atoms with E-state index in [-0.39, 0.29) is 12.5 Å². The van der Waals surface area contributed by atoms with E-state index < -0.39 is 49.5 Å². The highest BCUT2D eigenvalue weighted by molar-refractivity contribution is 5.76. The molecule has 79 heavy (non-hydrogen) atoms. The van der Waals surface area contributed by atoms with Crippen molar-refractivity contribution in [3.8, 4) is 0 Å². The summed E-state index contributed by atoms with van der Waals surface area (Å²) in [7, 11) is 0. The predicted molar refractivity (Wildman–Crippen MR) is 336 cm³/mol. The van der Waals surface area contributed by atoms with Gasteiger partial charge in [-0.05, 0) is 77.0 Å². The molecule has 0 bridgehead atoms. The fraction of sp³-hybridized carbons (Fsp3) is 0.843. The van der Waals surface area contributed by atoms with E-state index in [2.05, 4.69) is 67.8 Å². The van der Waals surface area contributed by atoms with Gasteiger partial charge in [0.1, 0.15) is 24.4 Å². The van der Waals surface area contributed by atoms with Crippen LogP contribution in [0.5, 0.6) is 0 Å². The van der Waals surface area contributed by atoms with Crippen LogP contribution in [0.1, 0.15) is 322 Å². The molecule has 7 unspecified atom stereocenters. The minimum atomic E-state index is -1.58. The third-order valence-corrected chi connectivity index (χ3v) is 16.0. The molecule has 1 amide bonds. The summed E-state index contributed by atoms with van der Waals surface area (Å²) in [4.78, 5) is 13.1. The molecule has 0 saturated carbocycles. The fourth-order valence-electron chi connectivity index (χ4n) is 10.7. The highest BCUT2D eigenvalue weighted by Gasteiger charge is 2.44. The van der Waals surface area contributed by atoms with Crippen LogP contribution in [0.4, 0.5) is 0 Å². The fourth-order valence-corrected chi connectivity index (χ4v) is 10.7. The van der Waals surface area contributed by atoms with Crippen LogP contribution in [-0.2, 0) is 14.3 Å². The van der Waals surface area contributed by atoms with Crippen molar-refractivity contribution in [1.29, 1.82) is 0 Å². The molecule has 0 aromatic carbocycles. The molecule has 462 valence electrons. The summed E-state index contributed by atoms with van der Waals surface area (Å²) in [6.07, 6.45) is 74.6. The van der Waals surface area contributed by atoms with Crippen molar-refractivity contribution in [2.24, 2.45) is 0 Å². The van der Waals surface area contributed by atoms with Crippen LogP contribution in [0.15, 0.2) is 60.8 Å². The molecular weight excluding hydrogens is 983 g/mol. The van der Waals surface area contributed by atoms with Crippen LogP contribution >= 0.6 is 0 Å². The van der Waals surface area contributed by atoms with Crippen molar-refractivity contribution in [1.82, 2.24) is 5.32 Å². The van der Waals surface area contributed by atoms with Gasteiger partial charge in [0.2, 0.25) is 5.91 Å². The minimum absolute atomic E-state index is 0.188. The van der Waals surface area contributed by atoms with Gasteiger partial charge in [-0.15, -0.1) is 0 Å². The zero-order valence-corrected chi connectivity index (χ0v) is 51.6. The molecule has 1 aliphatic heterocycles. The molecular formula is C70H129NO8. The van der Waals surface area contributed by atoms with Crippen LogP contribution in [0.3, 0.4) is 0 Å². The van der Waals surface area contributed by atoms with Crippen LogP contribution in [0.2, 0.25) is 0 Å². The van der Waals surface area contributed by atoms with E-state index in [4.69, 9.17) is 9.47 Å². The number of aliphatic hydroxyl groups excluding tert-OH is 5. The Balaban J connectivity index is 2.18. The number of carbonyl (C=O) groups is 1. The number of hydrogen-bond donors (Lipinski definition) is 6. The summed E-state index contributed by atoms with van der Waals surface area (Å²) in [5.74, 6) is -0.188. The molecule has 0 aromatic rings. The van der Waals surface area contributed by atoms with Gasteiger partial charge in [0.25, 0.3) is 0 Å². The number of nitrogens with one attached hydrogen (secondary N) is 1. The summed E-state index contributed by atoms with van der Waals surface area (Å²) in [6.45, 7) is 3.79. The number of unbranched alkanes of at least 4 members (excludes halogenated alkanes) is 41. The largest absolute Gasteiger partial charge is 0.394 e. The molecule has 0 aliphatic carbocycles. The van der Waals surface area contributed by atoms with Gasteiger partial charge in [-0.1, -0.05) is 299 Å². The van der Waals surface area contributed by atoms with E-state index in [9.17, 15) is 30.3 Å². The summed E-state index contributed by atoms with van der Waals surface area (Å²) < 4.78 is 11.3. The van der Waals surface area contributed by atoms with E-state index in [0.717, 1.165) is 51.4 Å². The van der Waals surface area contributed by atoms with Gasteiger partial charge in [0.15, 0.2) is 6.29 Å². The lowest BCUT2D eigenvalue weighted by Gasteiger charge is -2.40. The first-order chi connectivity index (χ1) is 38.8. The topological polar surface area (TPSA) is 149 Å². The predicted octanol–water partition coefficient (Wildman–Crippen LogP) is 18.2. The van der Waals surface area contributed by atoms with Gasteiger partial charge in [-0.25, -0.2) is 0 Å². The number of allylic oxidation sites excluding steroid dienone is 9. The van der Waals surface area contributed by atoms with Gasteiger partial charge < -0.3 is 40.3 Å². The second-order valence-electron chi connectivity index (χ2n) is 23.6. The summed E-state index contributed by atoms with van der Waals surface area (Å²) in [5.41, 5.74) is 0. The standard InChI is InChI=1S/C70H129NO8/c1-3-5-7-9-11-13-15-17-19-21-23-25-27-29-31-32-34-35-37-39-41-43-45-47-49-51-53-55-57-59-64(73)63(62-78-70-69(77)68(76)67(75)65(61-72)79-70)71-66(74)60-58-56-54-52-50-48-46-44-42-40-38-36-33-30-28-26-24-22-20-18-16-14-12-10-8-6-4-2/h16,18,22,24,41,43,49,51,57,59,63-65,67-70,72-73,75-77H,3-15,17,19-21,23,25-40,42,44-48,50,52-56,58,60-62H2,1-2H3,(H,71,74)/b18-16-,24-22-,43-41+,51-49+,59-57+. The summed E-state index contributed by atoms with van der Waals surface area (Å²) in [5, 5.41) is 54.7. The van der Waals surface area contributed by atoms with E-state index in [1.165, 1.54) is 250 Å². The molecule has 1 heterocycles. The maximum absolute atomic E-state index is 13.1. The molecule has 7 atom stereocenters. The quantitative estimate of drug-likeness (QED) is 0.0261. The first-order valence-electron chi connectivity index (χ1n) is 34.0. The second kappa shape index (κ2) is 59.1. The van der Waals surface area contributed by atoms with Crippen LogP contribution in [-0.4, -0.2) is 87.5 Å². The lowest BCUT2D eigenvalue weighted by atomic mass is 9.99. The van der Waals surface area contributed by atoms with Crippen LogP contribution < -0.4 is 5.32 Å². The van der Waals surface area contributed by atoms with E-state index in [1.54, 1.807) is 6.08 Å². The van der Waals surface area contributed by atoms with Gasteiger partial charge in [-0.3, -0.25) is 4.79 Å². The number of amides is 1. The molecule has 9 heteroatoms. The Morgan fingerprint density at radius 2 is 0.759 bits per heavy atom. The lowest BCUT2D eigenvalue weighted by Crippen LogP contribution is -2.60. The SMILES string of the molecule is CCCCCCC/C=C\C/C=C\CCCCCCCCCCCCCCCCCC(=O)NC(COC1OC(CO)C(O)C(O)C1O)C(O)/C=C/CC/C=C/CC/C=C/CCCCCCCCCCCCCCCCCCCCC. The Bertz CT molecular complexity index is 1430. The number of carbonyl (C=O) groups excluding carboxylic acids is 1. The zero-order chi connectivity index (χ0) is 57.2. The molecule has 1 aliphatic rings. The average Bonchev–Trinajstić information content (AvgIpc) is 3.47. The zero-order valence-electron chi connectivity index (χ0n) is 51.6. The molecule has 0 spiro atoms. The Labute approximate surface area is 487 Å². The number of hydrogen-bond acceptors (Lipinski definition) is 8. The van der Waals surface area contributed by atoms with Gasteiger partial charge in [0, 0.05) is 6.42 Å². The first-order valence-corrected chi connectivity index (χ1v) is 34.0. The van der Waals surface area contributed by atoms with Crippen molar-refractivity contribution >= 4 is 5.91 Å². The third-order valence-electron chi connectivity index (χ3n) is 16.0. The Hall–Kier alpha value is -2.11. The van der Waals surface area contributed by atoms with Crippen LogP contribution in [0, 0.1) is 0 Å². The van der Waals surface area contributed by atoms with Crippen LogP contribution in [0.25, 0.3) is 0 Å². The molecule has 0 aromatic heterocycles. The van der Waals surface area contributed by atoms with Crippen molar-refractivity contribution in [2.75, 3.05) is 13.2 Å². The molecule has 1 saturated heterocycles. The van der Waals surface area contributed by atoms with E-state index in [1.807, 2.05) is 6.08 Å². The molecule has 0 radical (unpaired) electrons. The highest BCUT2D eigenvalue weighted by atomic mass is 16.7. The summed E-state index contributed by atoms with van der Waals surface area (Å²) >= 11 is 0. The number of aliphatic hydroxyl groups is 5. The molecule has 6 N–H and O–H groups in total. The average molecular weight is 1110 g/mol. The normalized spacial score (nSPS) is 18.9. The molecule has 1 rings (SSSR count). The van der Waals surface area contributed by atoms with E-state index in [0.29, 0.717) is 6.42 Å². The number of ether oxygens (including phenoxy) is 2. The summed E-state index contributed by atoms with van der Waals surface area (Å²) in [6, 6.07) is -0.831. The van der Waals surface area contributed by atoms with Gasteiger partial charge in [0.05, 0.1) is 25.4 Å². The minimum Gasteiger partial charge on any atom is -0.394 e. The maximum atomic E-state index is 13.1. The van der Waals surface area contributed by atoms with Crippen molar-refractivity contribution in [3.05, 3.63) is 60.8 Å². The Morgan fingerprint density at radius 1 is 0.430 bits per heavy atom. The van der Waals surface area contributed by atoms with Gasteiger partial charge >= 0.3 is 0 Å². The molecule has 1 fully saturated rings. The Morgan fingerprint density at radius 3 is 1.14 bits per heavy atom. The van der Waals surface area contributed by atoms with Crippen molar-refractivity contribution < 1.29 is 39.8 Å². The van der Waals surface area contributed by atoms with Crippen molar-refractivity contribution in [3.63, 3.8) is 0 Å². The third kappa shape index (κ3) is 48.0. The molecule has 9 nitrogen and oxygen atoms in total. The first kappa shape index (κ1) is 74.9. The monoisotopic (exact) mass is 1110 g/mol. The number of rotatable bonds is 59. The second-order valence-corrected chi connectivity index (χ2v) is 23.6. The highest BCUT2D eigenvalue weighted by Crippen LogP contribution is 2.23. The van der Waals surface area contributed by atoms with E-state index >= 15 is 0 Å². The van der Waals surface area contributed by atoms with Crippen molar-refractivity contribution in [2.45, 2.75) is 365 Å². The van der Waals surface area contributed by atoms with Gasteiger partial charge in [-0.2, -0.15) is 0 Å². The Kier molecular flexibility index (Phi) is 56.0. The maximum Gasteiger partial charge on any atom is 0.220 e. The smallest absolute Gasteiger partial charge is 0.220 e. The lowest BCUT2D eigenvalue weighted by molar-refractivity contribution is -0.302.